The van der Waals surface area contributed by atoms with E-state index in [0.717, 1.165) is 12.8 Å². The third kappa shape index (κ3) is 5.22. The van der Waals surface area contributed by atoms with Gasteiger partial charge in [0.25, 0.3) is 0 Å². The highest BCUT2D eigenvalue weighted by Crippen LogP contribution is 2.53. The Morgan fingerprint density at radius 1 is 0.946 bits per heavy atom. The van der Waals surface area contributed by atoms with E-state index in [9.17, 15) is 0 Å². The summed E-state index contributed by atoms with van der Waals surface area (Å²) in [6, 6.07) is 13.7. The van der Waals surface area contributed by atoms with Gasteiger partial charge in [-0.2, -0.15) is 0 Å². The minimum absolute atomic E-state index is 0.0325. The van der Waals surface area contributed by atoms with Crippen molar-refractivity contribution in [3.8, 4) is 0 Å². The van der Waals surface area contributed by atoms with Crippen LogP contribution >= 0.6 is 0 Å². The number of benzene rings is 2. The zero-order valence-electron chi connectivity index (χ0n) is 25.3. The van der Waals surface area contributed by atoms with Crippen molar-refractivity contribution < 1.29 is 0 Å². The molecule has 0 amide bonds. The first kappa shape index (κ1) is 27.4. The van der Waals surface area contributed by atoms with Gasteiger partial charge in [-0.1, -0.05) is 122 Å². The quantitative estimate of drug-likeness (QED) is 0.391. The van der Waals surface area contributed by atoms with Crippen LogP contribution in [-0.4, -0.2) is 0 Å². The largest absolute Gasteiger partial charge is 0.0799 e. The van der Waals surface area contributed by atoms with E-state index in [1.807, 2.05) is 0 Å². The molecule has 0 heteroatoms. The summed E-state index contributed by atoms with van der Waals surface area (Å²) in [6.07, 6.45) is 12.0. The van der Waals surface area contributed by atoms with Crippen molar-refractivity contribution in [3.05, 3.63) is 105 Å². The van der Waals surface area contributed by atoms with Gasteiger partial charge in [0.05, 0.1) is 0 Å². The molecule has 196 valence electrons. The second-order valence-corrected chi connectivity index (χ2v) is 14.1. The number of aryl methyl sites for hydroxylation is 1. The predicted molar refractivity (Wildman–Crippen MR) is 164 cm³/mol. The van der Waals surface area contributed by atoms with E-state index in [-0.39, 0.29) is 16.2 Å². The lowest BCUT2D eigenvalue weighted by Crippen LogP contribution is -2.22. The average Bonchev–Trinajstić information content (AvgIpc) is 3.07. The maximum atomic E-state index is 2.53. The number of fused-ring (bicyclic) bond motifs is 3. The lowest BCUT2D eigenvalue weighted by atomic mass is 9.72. The predicted octanol–water partition coefficient (Wildman–Crippen LogP) is 10.9. The molecule has 0 nitrogen and oxygen atoms in total. The van der Waals surface area contributed by atoms with Crippen LogP contribution in [0, 0.1) is 12.3 Å². The fraction of sp³-hybridized carbons (Fsp3) is 0.459. The van der Waals surface area contributed by atoms with Crippen LogP contribution in [0.2, 0.25) is 0 Å². The summed E-state index contributed by atoms with van der Waals surface area (Å²) < 4.78 is 0. The van der Waals surface area contributed by atoms with E-state index in [1.165, 1.54) is 50.1 Å². The summed E-state index contributed by atoms with van der Waals surface area (Å²) in [5.74, 6) is 0.368. The molecule has 0 radical (unpaired) electrons. The minimum Gasteiger partial charge on any atom is -0.0799 e. The summed E-state index contributed by atoms with van der Waals surface area (Å²) >= 11 is 0. The van der Waals surface area contributed by atoms with Crippen LogP contribution in [0.5, 0.6) is 0 Å². The van der Waals surface area contributed by atoms with Gasteiger partial charge in [-0.25, -0.2) is 0 Å². The second-order valence-electron chi connectivity index (χ2n) is 14.1. The van der Waals surface area contributed by atoms with Gasteiger partial charge in [0.15, 0.2) is 0 Å². The van der Waals surface area contributed by atoms with Gasteiger partial charge in [-0.05, 0) is 106 Å². The molecule has 0 N–H and O–H groups in total. The molecule has 2 aromatic carbocycles. The molecular formula is C37H48. The van der Waals surface area contributed by atoms with Crippen molar-refractivity contribution in [2.75, 3.05) is 0 Å². The zero-order valence-corrected chi connectivity index (χ0v) is 25.3. The Balaban J connectivity index is 2.00. The molecule has 2 aromatic rings. The molecular weight excluding hydrogens is 444 g/mol. The standard InChI is InChI=1S/C37H48/c1-24(2)31(29-15-13-12-14-25(29)3)22-27-23-37(10,11)32-19-18-30-26(4)16-17-28(35(5,6)7)20-21-36(8,9)34(30)33(27)32/h12-20,22,26H,21,23H2,1-11H3/b17-16-,27-22+,28-20+. The highest BCUT2D eigenvalue weighted by atomic mass is 14.4. The van der Waals surface area contributed by atoms with Crippen molar-refractivity contribution in [1.29, 1.82) is 0 Å². The fourth-order valence-electron chi connectivity index (χ4n) is 6.39. The highest BCUT2D eigenvalue weighted by Gasteiger charge is 2.40. The Bertz CT molecular complexity index is 1320. The number of allylic oxidation sites excluding steroid dienone is 8. The Morgan fingerprint density at radius 3 is 2.24 bits per heavy atom. The summed E-state index contributed by atoms with van der Waals surface area (Å²) in [6.45, 7) is 25.9. The van der Waals surface area contributed by atoms with Crippen LogP contribution < -0.4 is 0 Å². The molecule has 2 aliphatic rings. The first-order valence-corrected chi connectivity index (χ1v) is 14.1. The molecule has 1 unspecified atom stereocenters. The van der Waals surface area contributed by atoms with Crippen LogP contribution in [0.3, 0.4) is 0 Å². The van der Waals surface area contributed by atoms with Crippen molar-refractivity contribution in [2.45, 2.75) is 106 Å². The van der Waals surface area contributed by atoms with Crippen LogP contribution in [0.25, 0.3) is 11.1 Å². The summed E-state index contributed by atoms with van der Waals surface area (Å²) in [7, 11) is 0. The topological polar surface area (TPSA) is 0 Å². The van der Waals surface area contributed by atoms with E-state index in [0.29, 0.717) is 5.92 Å². The maximum Gasteiger partial charge on any atom is -0.000406 e. The lowest BCUT2D eigenvalue weighted by molar-refractivity contribution is 0.495. The SMILES string of the molecule is CC(C)=C(/C=C1\CC(C)(C)c2ccc3c(c21)C(C)(C)C/C=C(C(C)(C)C)\C=C/C3C)c1ccccc1C. The Kier molecular flexibility index (Phi) is 7.13. The third-order valence-corrected chi connectivity index (χ3v) is 8.64. The Labute approximate surface area is 227 Å². The number of hydrogen-bond acceptors (Lipinski definition) is 0. The van der Waals surface area contributed by atoms with Gasteiger partial charge < -0.3 is 0 Å². The van der Waals surface area contributed by atoms with Crippen molar-refractivity contribution in [3.63, 3.8) is 0 Å². The third-order valence-electron chi connectivity index (χ3n) is 8.64. The van der Waals surface area contributed by atoms with Crippen molar-refractivity contribution in [2.24, 2.45) is 5.41 Å². The molecule has 2 aliphatic carbocycles. The smallest absolute Gasteiger partial charge is 0.000406 e. The molecule has 0 aromatic heterocycles. The first-order valence-electron chi connectivity index (χ1n) is 14.1. The molecule has 0 aliphatic heterocycles. The van der Waals surface area contributed by atoms with E-state index in [2.05, 4.69) is 137 Å². The van der Waals surface area contributed by atoms with Crippen molar-refractivity contribution in [1.82, 2.24) is 0 Å². The van der Waals surface area contributed by atoms with Crippen molar-refractivity contribution >= 4 is 11.1 Å². The lowest BCUT2D eigenvalue weighted by Gasteiger charge is -2.32. The van der Waals surface area contributed by atoms with Gasteiger partial charge in [-0.15, -0.1) is 0 Å². The minimum atomic E-state index is 0.0325. The van der Waals surface area contributed by atoms with E-state index in [4.69, 9.17) is 0 Å². The van der Waals surface area contributed by atoms with Gasteiger partial charge in [0.1, 0.15) is 0 Å². The molecule has 1 atom stereocenters. The highest BCUT2D eigenvalue weighted by molar-refractivity contribution is 5.90. The molecule has 0 bridgehead atoms. The van der Waals surface area contributed by atoms with E-state index < -0.39 is 0 Å². The fourth-order valence-corrected chi connectivity index (χ4v) is 6.39. The number of hydrogen-bond donors (Lipinski definition) is 0. The molecule has 0 spiro atoms. The molecule has 37 heavy (non-hydrogen) atoms. The summed E-state index contributed by atoms with van der Waals surface area (Å²) in [5.41, 5.74) is 14.8. The van der Waals surface area contributed by atoms with Gasteiger partial charge in [0, 0.05) is 0 Å². The van der Waals surface area contributed by atoms with Crippen LogP contribution in [0.15, 0.2) is 71.8 Å². The summed E-state index contributed by atoms with van der Waals surface area (Å²) in [5, 5.41) is 0. The van der Waals surface area contributed by atoms with Gasteiger partial charge >= 0.3 is 0 Å². The Hall–Kier alpha value is -2.60. The first-order chi connectivity index (χ1) is 17.1. The van der Waals surface area contributed by atoms with Crippen LogP contribution in [0.4, 0.5) is 0 Å². The molecule has 0 fully saturated rings. The van der Waals surface area contributed by atoms with E-state index >= 15 is 0 Å². The monoisotopic (exact) mass is 492 g/mol. The Morgan fingerprint density at radius 2 is 1.62 bits per heavy atom. The van der Waals surface area contributed by atoms with E-state index in [1.54, 1.807) is 5.56 Å². The second kappa shape index (κ2) is 9.61. The zero-order chi connectivity index (χ0) is 27.3. The normalized spacial score (nSPS) is 23.7. The molecule has 0 heterocycles. The molecule has 0 saturated carbocycles. The maximum absolute atomic E-state index is 2.53. The summed E-state index contributed by atoms with van der Waals surface area (Å²) in [4.78, 5) is 0. The number of rotatable bonds is 2. The van der Waals surface area contributed by atoms with Gasteiger partial charge in [-0.3, -0.25) is 0 Å². The van der Waals surface area contributed by atoms with Crippen LogP contribution in [-0.2, 0) is 10.8 Å². The van der Waals surface area contributed by atoms with Crippen LogP contribution in [0.1, 0.15) is 121 Å². The average molecular weight is 493 g/mol. The molecule has 0 saturated heterocycles. The van der Waals surface area contributed by atoms with Gasteiger partial charge in [0.2, 0.25) is 0 Å². The molecule has 4 rings (SSSR count).